The molecule has 2 aromatic heterocycles. The summed E-state index contributed by atoms with van der Waals surface area (Å²) in [6.07, 6.45) is 3.76. The molecule has 0 spiro atoms. The number of halogens is 2. The Morgan fingerprint density at radius 1 is 1.19 bits per heavy atom. The molecule has 0 bridgehead atoms. The molecule has 1 fully saturated rings. The summed E-state index contributed by atoms with van der Waals surface area (Å²) in [4.78, 5) is 19.0. The Bertz CT molecular complexity index is 1050. The molecule has 6 nitrogen and oxygen atoms in total. The van der Waals surface area contributed by atoms with E-state index in [1.165, 1.54) is 18.3 Å². The number of likely N-dealkylation sites (tertiary alicyclic amines) is 1. The van der Waals surface area contributed by atoms with E-state index in [1.807, 2.05) is 4.90 Å². The zero-order valence-electron chi connectivity index (χ0n) is 17.0. The van der Waals surface area contributed by atoms with Crippen molar-refractivity contribution < 1.29 is 13.9 Å². The van der Waals surface area contributed by atoms with Crippen LogP contribution in [0.4, 0.5) is 4.39 Å². The minimum atomic E-state index is -0.276. The number of nitrogens with zero attached hydrogens (tertiary/aromatic N) is 4. The Balaban J connectivity index is 1.48. The Kier molecular flexibility index (Phi) is 6.42. The van der Waals surface area contributed by atoms with Crippen molar-refractivity contribution in [3.05, 3.63) is 82.5 Å². The molecule has 1 aliphatic heterocycles. The fraction of sp³-hybridized carbons (Fsp3) is 0.304. The minimum absolute atomic E-state index is 0.0760. The lowest BCUT2D eigenvalue weighted by molar-refractivity contribution is 0.0783. The third-order valence-electron chi connectivity index (χ3n) is 5.49. The summed E-state index contributed by atoms with van der Waals surface area (Å²) >= 11 is 5.86. The molecule has 160 valence electrons. The van der Waals surface area contributed by atoms with Crippen molar-refractivity contribution in [2.75, 3.05) is 19.7 Å². The smallest absolute Gasteiger partial charge is 0.255 e. The number of aromatic nitrogens is 3. The first kappa shape index (κ1) is 21.2. The van der Waals surface area contributed by atoms with E-state index in [0.717, 1.165) is 12.0 Å². The molecule has 1 aromatic carbocycles. The van der Waals surface area contributed by atoms with Gasteiger partial charge < -0.3 is 9.64 Å². The summed E-state index contributed by atoms with van der Waals surface area (Å²) in [6, 6.07) is 11.7. The van der Waals surface area contributed by atoms with E-state index < -0.39 is 0 Å². The number of pyridine rings is 1. The summed E-state index contributed by atoms with van der Waals surface area (Å²) in [6.45, 7) is 3.39. The van der Waals surface area contributed by atoms with Crippen LogP contribution in [0.5, 0.6) is 5.88 Å². The number of rotatable bonds is 6. The van der Waals surface area contributed by atoms with E-state index in [-0.39, 0.29) is 23.6 Å². The van der Waals surface area contributed by atoms with Crippen LogP contribution < -0.4 is 4.74 Å². The maximum absolute atomic E-state index is 13.4. The molecule has 0 radical (unpaired) electrons. The molecule has 0 N–H and O–H groups in total. The van der Waals surface area contributed by atoms with Crippen molar-refractivity contribution in [3.8, 4) is 5.88 Å². The molecule has 0 aliphatic carbocycles. The van der Waals surface area contributed by atoms with Gasteiger partial charge in [-0.2, -0.15) is 10.2 Å². The maximum atomic E-state index is 13.4. The molecule has 3 heterocycles. The second-order valence-corrected chi connectivity index (χ2v) is 8.10. The van der Waals surface area contributed by atoms with Crippen LogP contribution in [0, 0.1) is 18.7 Å². The fourth-order valence-electron chi connectivity index (χ4n) is 3.95. The van der Waals surface area contributed by atoms with Crippen molar-refractivity contribution in [1.29, 1.82) is 0 Å². The fourth-order valence-corrected chi connectivity index (χ4v) is 4.06. The first-order valence-electron chi connectivity index (χ1n) is 10.1. The van der Waals surface area contributed by atoms with Crippen LogP contribution in [-0.2, 0) is 0 Å². The van der Waals surface area contributed by atoms with E-state index in [2.05, 4.69) is 15.2 Å². The van der Waals surface area contributed by atoms with Crippen LogP contribution >= 0.6 is 11.6 Å². The highest BCUT2D eigenvalue weighted by Gasteiger charge is 2.36. The lowest BCUT2D eigenvalue weighted by atomic mass is 9.87. The van der Waals surface area contributed by atoms with Crippen molar-refractivity contribution >= 4 is 17.5 Å². The summed E-state index contributed by atoms with van der Waals surface area (Å²) in [5.74, 6) is 0.404. The zero-order valence-corrected chi connectivity index (χ0v) is 17.8. The Hall–Kier alpha value is -3.06. The second kappa shape index (κ2) is 9.39. The average molecular weight is 441 g/mol. The Labute approximate surface area is 185 Å². The third kappa shape index (κ3) is 5.17. The quantitative estimate of drug-likeness (QED) is 0.571. The molecule has 4 rings (SSSR count). The first-order valence-corrected chi connectivity index (χ1v) is 10.5. The second-order valence-electron chi connectivity index (χ2n) is 7.67. The average Bonchev–Trinajstić information content (AvgIpc) is 3.19. The predicted molar refractivity (Wildman–Crippen MR) is 115 cm³/mol. The summed E-state index contributed by atoms with van der Waals surface area (Å²) in [7, 11) is 0. The normalized spacial score (nSPS) is 18.2. The highest BCUT2D eigenvalue weighted by molar-refractivity contribution is 6.30. The molecule has 0 unspecified atom stereocenters. The van der Waals surface area contributed by atoms with E-state index in [4.69, 9.17) is 16.3 Å². The highest BCUT2D eigenvalue weighted by Crippen LogP contribution is 2.35. The van der Waals surface area contributed by atoms with Gasteiger partial charge >= 0.3 is 0 Å². The number of carbonyl (C=O) groups excluding carboxylic acids is 1. The van der Waals surface area contributed by atoms with E-state index in [0.29, 0.717) is 41.9 Å². The molecule has 0 saturated carbocycles. The summed E-state index contributed by atoms with van der Waals surface area (Å²) in [5, 5.41) is 8.37. The molecule has 1 amide bonds. The van der Waals surface area contributed by atoms with Gasteiger partial charge in [0.2, 0.25) is 5.88 Å². The van der Waals surface area contributed by atoms with Gasteiger partial charge in [-0.05, 0) is 49.1 Å². The standard InChI is InChI=1S/C23H22ClFN4O2/c1-15-10-18(11-27-28-15)23(30)29-13-17(8-9-31-22-7-4-19(24)12-26-22)21(14-29)16-2-5-20(25)6-3-16/h2-7,10-12,17,21H,8-9,13-14H2,1H3/t17-,21+/m0/s1. The van der Waals surface area contributed by atoms with Crippen LogP contribution in [0.1, 0.15) is 34.0 Å². The van der Waals surface area contributed by atoms with Crippen molar-refractivity contribution in [1.82, 2.24) is 20.1 Å². The van der Waals surface area contributed by atoms with E-state index in [9.17, 15) is 9.18 Å². The van der Waals surface area contributed by atoms with Crippen LogP contribution in [0.2, 0.25) is 5.02 Å². The van der Waals surface area contributed by atoms with E-state index in [1.54, 1.807) is 43.5 Å². The van der Waals surface area contributed by atoms with Crippen molar-refractivity contribution in [2.45, 2.75) is 19.3 Å². The molecule has 1 saturated heterocycles. The van der Waals surface area contributed by atoms with Crippen LogP contribution in [0.25, 0.3) is 0 Å². The summed E-state index contributed by atoms with van der Waals surface area (Å²) in [5.41, 5.74) is 2.23. The Morgan fingerprint density at radius 2 is 2.00 bits per heavy atom. The lowest BCUT2D eigenvalue weighted by Gasteiger charge is -2.18. The van der Waals surface area contributed by atoms with Crippen LogP contribution in [-0.4, -0.2) is 45.7 Å². The van der Waals surface area contributed by atoms with Crippen molar-refractivity contribution in [3.63, 3.8) is 0 Å². The molecular formula is C23H22ClFN4O2. The first-order chi connectivity index (χ1) is 15.0. The minimum Gasteiger partial charge on any atom is -0.478 e. The number of amides is 1. The van der Waals surface area contributed by atoms with E-state index >= 15 is 0 Å². The van der Waals surface area contributed by atoms with Gasteiger partial charge in [0.25, 0.3) is 5.91 Å². The molecule has 8 heteroatoms. The molecule has 31 heavy (non-hydrogen) atoms. The number of benzene rings is 1. The largest absolute Gasteiger partial charge is 0.478 e. The van der Waals surface area contributed by atoms with Gasteiger partial charge in [-0.15, -0.1) is 0 Å². The van der Waals surface area contributed by atoms with Gasteiger partial charge in [0, 0.05) is 31.3 Å². The number of ether oxygens (including phenoxy) is 1. The van der Waals surface area contributed by atoms with Gasteiger partial charge in [0.15, 0.2) is 0 Å². The lowest BCUT2D eigenvalue weighted by Crippen LogP contribution is -2.29. The predicted octanol–water partition coefficient (Wildman–Crippen LogP) is 4.30. The van der Waals surface area contributed by atoms with Crippen LogP contribution in [0.3, 0.4) is 0 Å². The zero-order chi connectivity index (χ0) is 21.8. The van der Waals surface area contributed by atoms with Crippen LogP contribution in [0.15, 0.2) is 54.9 Å². The monoisotopic (exact) mass is 440 g/mol. The third-order valence-corrected chi connectivity index (χ3v) is 5.71. The molecule has 3 aromatic rings. The van der Waals surface area contributed by atoms with Gasteiger partial charge in [-0.1, -0.05) is 23.7 Å². The Morgan fingerprint density at radius 3 is 2.71 bits per heavy atom. The molecule has 1 aliphatic rings. The SMILES string of the molecule is Cc1cc(C(=O)N2C[C@H](CCOc3ccc(Cl)cn3)[C@@H](c3ccc(F)cc3)C2)cnn1. The number of hydrogen-bond donors (Lipinski definition) is 0. The molecular weight excluding hydrogens is 419 g/mol. The number of aryl methyl sites for hydroxylation is 1. The summed E-state index contributed by atoms with van der Waals surface area (Å²) < 4.78 is 19.2. The maximum Gasteiger partial charge on any atom is 0.255 e. The van der Waals surface area contributed by atoms with Crippen molar-refractivity contribution in [2.24, 2.45) is 5.92 Å². The highest BCUT2D eigenvalue weighted by atomic mass is 35.5. The van der Waals surface area contributed by atoms with Gasteiger partial charge in [0.1, 0.15) is 5.82 Å². The topological polar surface area (TPSA) is 68.2 Å². The van der Waals surface area contributed by atoms with Gasteiger partial charge in [0.05, 0.1) is 29.1 Å². The molecule has 2 atom stereocenters. The number of hydrogen-bond acceptors (Lipinski definition) is 5. The van der Waals surface area contributed by atoms with Gasteiger partial charge in [-0.3, -0.25) is 4.79 Å². The van der Waals surface area contributed by atoms with Gasteiger partial charge in [-0.25, -0.2) is 9.37 Å². The number of carbonyl (C=O) groups is 1.